The largest absolute Gasteiger partial charge is 0.457 e. The molecule has 0 saturated carbocycles. The standard InChI is InChI=1S/C21H14O3/c22-14-15-6-8-16(9-7-15)21-13-17-12-19(10-11-20(17)24-21)23-18-4-2-1-3-5-18/h1-14H. The summed E-state index contributed by atoms with van der Waals surface area (Å²) in [6.07, 6.45) is 0.829. The fourth-order valence-corrected chi connectivity index (χ4v) is 2.58. The topological polar surface area (TPSA) is 39.4 Å². The van der Waals surface area contributed by atoms with E-state index in [1.807, 2.05) is 66.7 Å². The van der Waals surface area contributed by atoms with Gasteiger partial charge >= 0.3 is 0 Å². The van der Waals surface area contributed by atoms with Gasteiger partial charge in [0.05, 0.1) is 0 Å². The second kappa shape index (κ2) is 6.05. The molecule has 3 heteroatoms. The first-order valence-electron chi connectivity index (χ1n) is 7.64. The summed E-state index contributed by atoms with van der Waals surface area (Å²) in [6, 6.07) is 24.7. The Bertz CT molecular complexity index is 983. The molecule has 0 N–H and O–H groups in total. The minimum atomic E-state index is 0.647. The fourth-order valence-electron chi connectivity index (χ4n) is 2.58. The molecule has 0 aliphatic heterocycles. The predicted molar refractivity (Wildman–Crippen MR) is 93.6 cm³/mol. The van der Waals surface area contributed by atoms with Gasteiger partial charge in [-0.15, -0.1) is 0 Å². The molecule has 0 unspecified atom stereocenters. The number of furan rings is 1. The van der Waals surface area contributed by atoms with Crippen LogP contribution in [0.4, 0.5) is 0 Å². The Kier molecular flexibility index (Phi) is 3.60. The number of rotatable bonds is 4. The Morgan fingerprint density at radius 3 is 2.33 bits per heavy atom. The van der Waals surface area contributed by atoms with E-state index in [0.717, 1.165) is 40.1 Å². The van der Waals surface area contributed by atoms with Gasteiger partial charge in [-0.3, -0.25) is 4.79 Å². The van der Waals surface area contributed by atoms with Crippen molar-refractivity contribution in [1.29, 1.82) is 0 Å². The van der Waals surface area contributed by atoms with E-state index in [9.17, 15) is 4.79 Å². The van der Waals surface area contributed by atoms with Crippen LogP contribution in [0.1, 0.15) is 10.4 Å². The van der Waals surface area contributed by atoms with E-state index < -0.39 is 0 Å². The number of aldehydes is 1. The van der Waals surface area contributed by atoms with Crippen LogP contribution in [0.25, 0.3) is 22.3 Å². The molecule has 1 aromatic heterocycles. The van der Waals surface area contributed by atoms with Gasteiger partial charge < -0.3 is 9.15 Å². The molecule has 0 saturated heterocycles. The van der Waals surface area contributed by atoms with Crippen molar-refractivity contribution >= 4 is 17.3 Å². The Balaban J connectivity index is 1.66. The van der Waals surface area contributed by atoms with Crippen LogP contribution in [0.5, 0.6) is 11.5 Å². The fraction of sp³-hybridized carbons (Fsp3) is 0. The van der Waals surface area contributed by atoms with E-state index in [0.29, 0.717) is 5.56 Å². The minimum absolute atomic E-state index is 0.647. The van der Waals surface area contributed by atoms with Gasteiger partial charge in [0.15, 0.2) is 0 Å². The van der Waals surface area contributed by atoms with Crippen LogP contribution in [-0.2, 0) is 0 Å². The number of hydrogen-bond acceptors (Lipinski definition) is 3. The first-order valence-corrected chi connectivity index (χ1v) is 7.64. The summed E-state index contributed by atoms with van der Waals surface area (Å²) < 4.78 is 11.7. The third-order valence-electron chi connectivity index (χ3n) is 3.80. The maximum atomic E-state index is 10.7. The molecule has 4 rings (SSSR count). The summed E-state index contributed by atoms with van der Waals surface area (Å²) in [7, 11) is 0. The van der Waals surface area contributed by atoms with E-state index in [-0.39, 0.29) is 0 Å². The Hall–Kier alpha value is -3.33. The second-order valence-corrected chi connectivity index (χ2v) is 5.47. The zero-order valence-electron chi connectivity index (χ0n) is 12.8. The molecule has 0 bridgehead atoms. The highest BCUT2D eigenvalue weighted by atomic mass is 16.5. The smallest absolute Gasteiger partial charge is 0.150 e. The van der Waals surface area contributed by atoms with Crippen LogP contribution in [-0.4, -0.2) is 6.29 Å². The summed E-state index contributed by atoms with van der Waals surface area (Å²) in [6.45, 7) is 0. The van der Waals surface area contributed by atoms with Crippen LogP contribution in [0, 0.1) is 0 Å². The zero-order valence-corrected chi connectivity index (χ0v) is 12.8. The molecule has 0 aliphatic carbocycles. The Morgan fingerprint density at radius 2 is 1.58 bits per heavy atom. The summed E-state index contributed by atoms with van der Waals surface area (Å²) in [5.74, 6) is 2.32. The van der Waals surface area contributed by atoms with Crippen LogP contribution < -0.4 is 4.74 Å². The molecule has 116 valence electrons. The second-order valence-electron chi connectivity index (χ2n) is 5.47. The van der Waals surface area contributed by atoms with Crippen molar-refractivity contribution in [3.8, 4) is 22.8 Å². The van der Waals surface area contributed by atoms with Crippen molar-refractivity contribution in [1.82, 2.24) is 0 Å². The molecule has 0 aliphatic rings. The molecule has 0 spiro atoms. The van der Waals surface area contributed by atoms with Crippen LogP contribution >= 0.6 is 0 Å². The summed E-state index contributed by atoms with van der Waals surface area (Å²) in [4.78, 5) is 10.7. The lowest BCUT2D eigenvalue weighted by Gasteiger charge is -2.04. The van der Waals surface area contributed by atoms with Crippen molar-refractivity contribution < 1.29 is 13.9 Å². The van der Waals surface area contributed by atoms with E-state index >= 15 is 0 Å². The average Bonchev–Trinajstić information content (AvgIpc) is 3.06. The molecule has 0 fully saturated rings. The maximum Gasteiger partial charge on any atom is 0.150 e. The molecule has 0 amide bonds. The third kappa shape index (κ3) is 2.79. The van der Waals surface area contributed by atoms with Gasteiger partial charge in [0, 0.05) is 16.5 Å². The number of para-hydroxylation sites is 1. The van der Waals surface area contributed by atoms with Crippen molar-refractivity contribution in [2.45, 2.75) is 0 Å². The zero-order chi connectivity index (χ0) is 16.4. The molecule has 0 radical (unpaired) electrons. The monoisotopic (exact) mass is 314 g/mol. The SMILES string of the molecule is O=Cc1ccc(-c2cc3cc(Oc4ccccc4)ccc3o2)cc1. The van der Waals surface area contributed by atoms with Gasteiger partial charge in [-0.25, -0.2) is 0 Å². The van der Waals surface area contributed by atoms with Crippen molar-refractivity contribution in [3.05, 3.63) is 84.4 Å². The van der Waals surface area contributed by atoms with Crippen LogP contribution in [0.15, 0.2) is 83.3 Å². The van der Waals surface area contributed by atoms with E-state index in [1.165, 1.54) is 0 Å². The summed E-state index contributed by atoms with van der Waals surface area (Å²) in [5, 5.41) is 0.970. The number of benzene rings is 3. The van der Waals surface area contributed by atoms with Crippen molar-refractivity contribution in [3.63, 3.8) is 0 Å². The normalized spacial score (nSPS) is 10.7. The van der Waals surface area contributed by atoms with Gasteiger partial charge in [-0.05, 0) is 36.4 Å². The highest BCUT2D eigenvalue weighted by molar-refractivity contribution is 5.84. The lowest BCUT2D eigenvalue weighted by atomic mass is 10.1. The first kappa shape index (κ1) is 14.3. The van der Waals surface area contributed by atoms with E-state index in [1.54, 1.807) is 12.1 Å². The van der Waals surface area contributed by atoms with Gasteiger partial charge in [0.25, 0.3) is 0 Å². The van der Waals surface area contributed by atoms with Gasteiger partial charge in [-0.1, -0.05) is 42.5 Å². The summed E-state index contributed by atoms with van der Waals surface area (Å²) in [5.41, 5.74) is 2.38. The van der Waals surface area contributed by atoms with E-state index in [4.69, 9.17) is 9.15 Å². The Labute approximate surface area is 139 Å². The lowest BCUT2D eigenvalue weighted by molar-refractivity contribution is 0.112. The van der Waals surface area contributed by atoms with Crippen LogP contribution in [0.2, 0.25) is 0 Å². The summed E-state index contributed by atoms with van der Waals surface area (Å²) >= 11 is 0. The highest BCUT2D eigenvalue weighted by Gasteiger charge is 2.08. The van der Waals surface area contributed by atoms with E-state index in [2.05, 4.69) is 0 Å². The lowest BCUT2D eigenvalue weighted by Crippen LogP contribution is -1.82. The molecule has 4 aromatic rings. The molecule has 3 nitrogen and oxygen atoms in total. The highest BCUT2D eigenvalue weighted by Crippen LogP contribution is 2.31. The minimum Gasteiger partial charge on any atom is -0.457 e. The van der Waals surface area contributed by atoms with Gasteiger partial charge in [-0.2, -0.15) is 0 Å². The van der Waals surface area contributed by atoms with Gasteiger partial charge in [0.1, 0.15) is 29.1 Å². The molecular formula is C21H14O3. The third-order valence-corrected chi connectivity index (χ3v) is 3.80. The average molecular weight is 314 g/mol. The van der Waals surface area contributed by atoms with Crippen molar-refractivity contribution in [2.75, 3.05) is 0 Å². The Morgan fingerprint density at radius 1 is 0.792 bits per heavy atom. The molecule has 1 heterocycles. The van der Waals surface area contributed by atoms with Gasteiger partial charge in [0.2, 0.25) is 0 Å². The molecule has 24 heavy (non-hydrogen) atoms. The van der Waals surface area contributed by atoms with Crippen LogP contribution in [0.3, 0.4) is 0 Å². The quantitative estimate of drug-likeness (QED) is 0.453. The number of hydrogen-bond donors (Lipinski definition) is 0. The number of fused-ring (bicyclic) bond motifs is 1. The number of carbonyl (C=O) groups excluding carboxylic acids is 1. The molecular weight excluding hydrogens is 300 g/mol. The first-order chi connectivity index (χ1) is 11.8. The predicted octanol–water partition coefficient (Wildman–Crippen LogP) is 5.70. The molecule has 0 atom stereocenters. The van der Waals surface area contributed by atoms with Crippen molar-refractivity contribution in [2.24, 2.45) is 0 Å². The number of carbonyl (C=O) groups is 1. The number of ether oxygens (including phenoxy) is 1. The maximum absolute atomic E-state index is 10.7. The molecule has 3 aromatic carbocycles.